The highest BCUT2D eigenvalue weighted by Crippen LogP contribution is 2.32. The number of carbonyl (C=O) groups is 2. The summed E-state index contributed by atoms with van der Waals surface area (Å²) in [5, 5.41) is 10.6. The minimum atomic E-state index is -0.487. The molecule has 126 valence electrons. The molecule has 1 heterocycles. The van der Waals surface area contributed by atoms with Gasteiger partial charge >= 0.3 is 5.97 Å². The van der Waals surface area contributed by atoms with Crippen LogP contribution in [0.2, 0.25) is 0 Å². The molecule has 9 heteroatoms. The standard InChI is InChI=1S/C15H14N2O5S2/c1-2-22-13(18)7-8-16-14(19)12(24-15(16)23)9-10-3-5-11(6-4-10)17(20)21/h3-6,9H,2,7-8H2,1H3/b12-9-. The van der Waals surface area contributed by atoms with Gasteiger partial charge in [0.1, 0.15) is 4.32 Å². The van der Waals surface area contributed by atoms with Crippen LogP contribution in [0.4, 0.5) is 5.69 Å². The van der Waals surface area contributed by atoms with Crippen LogP contribution in [0.1, 0.15) is 18.9 Å². The maximum Gasteiger partial charge on any atom is 0.307 e. The van der Waals surface area contributed by atoms with Gasteiger partial charge in [-0.05, 0) is 30.7 Å². The molecular weight excluding hydrogens is 352 g/mol. The zero-order valence-corrected chi connectivity index (χ0v) is 14.4. The Morgan fingerprint density at radius 1 is 1.42 bits per heavy atom. The van der Waals surface area contributed by atoms with E-state index in [0.717, 1.165) is 11.8 Å². The third-order valence-corrected chi connectivity index (χ3v) is 4.50. The van der Waals surface area contributed by atoms with Crippen LogP contribution < -0.4 is 0 Å². The molecule has 24 heavy (non-hydrogen) atoms. The molecule has 1 saturated heterocycles. The van der Waals surface area contributed by atoms with Gasteiger partial charge in [0.25, 0.3) is 11.6 Å². The molecule has 1 fully saturated rings. The van der Waals surface area contributed by atoms with Crippen LogP contribution in [-0.4, -0.2) is 39.2 Å². The van der Waals surface area contributed by atoms with E-state index in [1.165, 1.54) is 17.0 Å². The van der Waals surface area contributed by atoms with Crippen molar-refractivity contribution < 1.29 is 19.2 Å². The quantitative estimate of drug-likeness (QED) is 0.251. The summed E-state index contributed by atoms with van der Waals surface area (Å²) in [4.78, 5) is 35.7. The molecule has 0 bridgehead atoms. The van der Waals surface area contributed by atoms with E-state index in [1.807, 2.05) is 0 Å². The molecule has 2 rings (SSSR count). The van der Waals surface area contributed by atoms with Gasteiger partial charge in [-0.2, -0.15) is 0 Å². The average molecular weight is 366 g/mol. The zero-order chi connectivity index (χ0) is 17.7. The fourth-order valence-corrected chi connectivity index (χ4v) is 3.28. The SMILES string of the molecule is CCOC(=O)CCN1C(=O)/C(=C/c2ccc([N+](=O)[O-])cc2)SC1=S. The van der Waals surface area contributed by atoms with E-state index in [0.29, 0.717) is 14.8 Å². The van der Waals surface area contributed by atoms with Gasteiger partial charge in [-0.15, -0.1) is 0 Å². The summed E-state index contributed by atoms with van der Waals surface area (Å²) in [6, 6.07) is 5.85. The number of nitro groups is 1. The smallest absolute Gasteiger partial charge is 0.307 e. The molecule has 1 aliphatic rings. The Morgan fingerprint density at radius 3 is 2.67 bits per heavy atom. The molecule has 0 unspecified atom stereocenters. The number of nitro benzene ring substituents is 1. The summed E-state index contributed by atoms with van der Waals surface area (Å²) in [5.41, 5.74) is 0.639. The van der Waals surface area contributed by atoms with Crippen molar-refractivity contribution in [3.63, 3.8) is 0 Å². The second kappa shape index (κ2) is 8.02. The number of esters is 1. The third kappa shape index (κ3) is 4.39. The predicted molar refractivity (Wildman–Crippen MR) is 94.2 cm³/mol. The van der Waals surface area contributed by atoms with Crippen LogP contribution in [0, 0.1) is 10.1 Å². The van der Waals surface area contributed by atoms with Crippen molar-refractivity contribution in [2.75, 3.05) is 13.2 Å². The number of amides is 1. The second-order valence-corrected chi connectivity index (χ2v) is 6.41. The molecule has 1 aromatic rings. The van der Waals surface area contributed by atoms with Gasteiger partial charge in [0, 0.05) is 18.7 Å². The molecule has 0 spiro atoms. The predicted octanol–water partition coefficient (Wildman–Crippen LogP) is 2.75. The number of hydrogen-bond acceptors (Lipinski definition) is 7. The molecular formula is C15H14N2O5S2. The largest absolute Gasteiger partial charge is 0.466 e. The monoisotopic (exact) mass is 366 g/mol. The molecule has 0 atom stereocenters. The fraction of sp³-hybridized carbons (Fsp3) is 0.267. The summed E-state index contributed by atoms with van der Waals surface area (Å²) in [5.74, 6) is -0.668. The van der Waals surface area contributed by atoms with Crippen molar-refractivity contribution in [3.8, 4) is 0 Å². The van der Waals surface area contributed by atoms with E-state index in [2.05, 4.69) is 0 Å². The number of non-ortho nitro benzene ring substituents is 1. The minimum absolute atomic E-state index is 0.0193. The number of hydrogen-bond donors (Lipinski definition) is 0. The topological polar surface area (TPSA) is 89.8 Å². The number of ether oxygens (including phenoxy) is 1. The first-order chi connectivity index (χ1) is 11.4. The second-order valence-electron chi connectivity index (χ2n) is 4.74. The number of nitrogens with zero attached hydrogens (tertiary/aromatic N) is 2. The van der Waals surface area contributed by atoms with Gasteiger partial charge in [0.05, 0.1) is 22.9 Å². The van der Waals surface area contributed by atoms with Crippen molar-refractivity contribution in [2.45, 2.75) is 13.3 Å². The highest BCUT2D eigenvalue weighted by atomic mass is 32.2. The van der Waals surface area contributed by atoms with E-state index in [1.54, 1.807) is 25.1 Å². The lowest BCUT2D eigenvalue weighted by molar-refractivity contribution is -0.384. The molecule has 1 amide bonds. The third-order valence-electron chi connectivity index (χ3n) is 3.12. The Bertz CT molecular complexity index is 715. The molecule has 1 aromatic carbocycles. The van der Waals surface area contributed by atoms with Crippen LogP contribution >= 0.6 is 24.0 Å². The normalized spacial score (nSPS) is 15.9. The van der Waals surface area contributed by atoms with Crippen molar-refractivity contribution in [1.29, 1.82) is 0 Å². The van der Waals surface area contributed by atoms with Crippen LogP contribution in [-0.2, 0) is 14.3 Å². The maximum atomic E-state index is 12.4. The minimum Gasteiger partial charge on any atom is -0.466 e. The van der Waals surface area contributed by atoms with E-state index < -0.39 is 4.92 Å². The van der Waals surface area contributed by atoms with E-state index in [-0.39, 0.29) is 37.1 Å². The van der Waals surface area contributed by atoms with Gasteiger partial charge in [-0.25, -0.2) is 0 Å². The van der Waals surface area contributed by atoms with Gasteiger partial charge < -0.3 is 4.74 Å². The highest BCUT2D eigenvalue weighted by molar-refractivity contribution is 8.26. The molecule has 0 radical (unpaired) electrons. The van der Waals surface area contributed by atoms with Crippen LogP contribution in [0.25, 0.3) is 6.08 Å². The molecule has 0 aliphatic carbocycles. The van der Waals surface area contributed by atoms with Crippen LogP contribution in [0.15, 0.2) is 29.2 Å². The van der Waals surface area contributed by atoms with Crippen molar-refractivity contribution >= 4 is 51.9 Å². The lowest BCUT2D eigenvalue weighted by atomic mass is 10.2. The lowest BCUT2D eigenvalue weighted by Gasteiger charge is -2.13. The summed E-state index contributed by atoms with van der Waals surface area (Å²) in [7, 11) is 0. The summed E-state index contributed by atoms with van der Waals surface area (Å²) >= 11 is 6.30. The molecule has 0 N–H and O–H groups in total. The van der Waals surface area contributed by atoms with E-state index in [9.17, 15) is 19.7 Å². The average Bonchev–Trinajstić information content (AvgIpc) is 2.80. The molecule has 1 aliphatic heterocycles. The van der Waals surface area contributed by atoms with Gasteiger partial charge in [-0.3, -0.25) is 24.6 Å². The van der Waals surface area contributed by atoms with Crippen molar-refractivity contribution in [2.24, 2.45) is 0 Å². The van der Waals surface area contributed by atoms with Gasteiger partial charge in [0.15, 0.2) is 0 Å². The van der Waals surface area contributed by atoms with Crippen LogP contribution in [0.5, 0.6) is 0 Å². The summed E-state index contributed by atoms with van der Waals surface area (Å²) in [6.45, 7) is 2.17. The number of carbonyl (C=O) groups excluding carboxylic acids is 2. The fourth-order valence-electron chi connectivity index (χ4n) is 1.97. The Morgan fingerprint density at radius 2 is 2.08 bits per heavy atom. The summed E-state index contributed by atoms with van der Waals surface area (Å²) < 4.78 is 5.20. The lowest BCUT2D eigenvalue weighted by Crippen LogP contribution is -2.30. The first-order valence-electron chi connectivity index (χ1n) is 7.07. The van der Waals surface area contributed by atoms with E-state index in [4.69, 9.17) is 17.0 Å². The Hall–Kier alpha value is -2.26. The molecule has 0 saturated carbocycles. The molecule has 7 nitrogen and oxygen atoms in total. The van der Waals surface area contributed by atoms with Crippen LogP contribution in [0.3, 0.4) is 0 Å². The van der Waals surface area contributed by atoms with E-state index >= 15 is 0 Å². The number of rotatable bonds is 6. The number of thioether (sulfide) groups is 1. The Balaban J connectivity index is 2.07. The Labute approximate surface area is 147 Å². The van der Waals surface area contributed by atoms with Crippen molar-refractivity contribution in [1.82, 2.24) is 4.90 Å². The zero-order valence-electron chi connectivity index (χ0n) is 12.8. The number of thiocarbonyl (C=S) groups is 1. The highest BCUT2D eigenvalue weighted by Gasteiger charge is 2.32. The molecule has 0 aromatic heterocycles. The summed E-state index contributed by atoms with van der Waals surface area (Å²) in [6.07, 6.45) is 1.69. The van der Waals surface area contributed by atoms with Crippen molar-refractivity contribution in [3.05, 3.63) is 44.8 Å². The van der Waals surface area contributed by atoms with Gasteiger partial charge in [0.2, 0.25) is 0 Å². The number of benzene rings is 1. The Kier molecular flexibility index (Phi) is 6.04. The first kappa shape index (κ1) is 18.1. The van der Waals surface area contributed by atoms with Gasteiger partial charge in [-0.1, -0.05) is 24.0 Å². The maximum absolute atomic E-state index is 12.4. The first-order valence-corrected chi connectivity index (χ1v) is 8.30.